The predicted octanol–water partition coefficient (Wildman–Crippen LogP) is 3.70. The normalized spacial score (nSPS) is 29.4. The molecule has 1 aromatic rings. The summed E-state index contributed by atoms with van der Waals surface area (Å²) in [5.41, 5.74) is -0.326. The average molecular weight is 383 g/mol. The first-order valence-corrected chi connectivity index (χ1v) is 10.1. The molecule has 4 rings (SSSR count). The third-order valence-electron chi connectivity index (χ3n) is 6.87. The van der Waals surface area contributed by atoms with Gasteiger partial charge in [0.05, 0.1) is 11.7 Å². The molecule has 2 saturated heterocycles. The molecule has 1 N–H and O–H groups in total. The fourth-order valence-corrected chi connectivity index (χ4v) is 5.09. The number of anilines is 1. The van der Waals surface area contributed by atoms with E-state index in [2.05, 4.69) is 9.88 Å². The molecule has 1 saturated carbocycles. The monoisotopic (exact) mass is 383 g/mol. The smallest absolute Gasteiger partial charge is 0.393 e. The molecule has 0 amide bonds. The van der Waals surface area contributed by atoms with Gasteiger partial charge in [0.1, 0.15) is 5.82 Å². The number of aliphatic hydroxyl groups excluding tert-OH is 1. The lowest BCUT2D eigenvalue weighted by Gasteiger charge is -2.41. The molecular weight excluding hydrogens is 355 g/mol. The summed E-state index contributed by atoms with van der Waals surface area (Å²) in [5, 5.41) is 9.72. The topological polar surface area (TPSA) is 39.6 Å². The summed E-state index contributed by atoms with van der Waals surface area (Å²) in [6, 6.07) is 2.80. The number of halogens is 3. The molecule has 3 fully saturated rings. The molecule has 3 heterocycles. The van der Waals surface area contributed by atoms with Crippen LogP contribution in [0.5, 0.6) is 0 Å². The standard InChI is InChI=1S/C20H28F3N3O/c21-20(22,23)15-5-9-24-18(13-15)25-10-6-19(7-11-25)8-12-26(14-19)16-1-3-17(27)4-2-16/h5,9,13,16-17,27H,1-4,6-8,10-12,14H2/t16-,17+. The van der Waals surface area contributed by atoms with Gasteiger partial charge in [-0.05, 0) is 69.0 Å². The van der Waals surface area contributed by atoms with Gasteiger partial charge in [-0.3, -0.25) is 4.90 Å². The van der Waals surface area contributed by atoms with E-state index in [1.54, 1.807) is 0 Å². The second-order valence-corrected chi connectivity index (χ2v) is 8.57. The quantitative estimate of drug-likeness (QED) is 0.845. The predicted molar refractivity (Wildman–Crippen MR) is 97.6 cm³/mol. The van der Waals surface area contributed by atoms with Gasteiger partial charge in [-0.2, -0.15) is 13.2 Å². The Morgan fingerprint density at radius 3 is 2.37 bits per heavy atom. The number of aliphatic hydroxyl groups is 1. The Labute approximate surface area is 158 Å². The summed E-state index contributed by atoms with van der Waals surface area (Å²) >= 11 is 0. The highest BCUT2D eigenvalue weighted by molar-refractivity contribution is 5.42. The van der Waals surface area contributed by atoms with Crippen LogP contribution in [0.25, 0.3) is 0 Å². The fourth-order valence-electron chi connectivity index (χ4n) is 5.09. The summed E-state index contributed by atoms with van der Waals surface area (Å²) in [5.74, 6) is 0.441. The van der Waals surface area contributed by atoms with Crippen LogP contribution in [-0.2, 0) is 6.18 Å². The van der Waals surface area contributed by atoms with E-state index in [4.69, 9.17) is 0 Å². The van der Waals surface area contributed by atoms with Crippen molar-refractivity contribution in [1.29, 1.82) is 0 Å². The van der Waals surface area contributed by atoms with Crippen LogP contribution >= 0.6 is 0 Å². The number of alkyl halides is 3. The van der Waals surface area contributed by atoms with Gasteiger partial charge in [-0.15, -0.1) is 0 Å². The van der Waals surface area contributed by atoms with Crippen LogP contribution in [0.3, 0.4) is 0 Å². The van der Waals surface area contributed by atoms with Crippen LogP contribution < -0.4 is 4.90 Å². The maximum Gasteiger partial charge on any atom is 0.416 e. The van der Waals surface area contributed by atoms with Gasteiger partial charge in [-0.1, -0.05) is 0 Å². The van der Waals surface area contributed by atoms with E-state index in [1.807, 2.05) is 4.90 Å². The summed E-state index contributed by atoms with van der Waals surface area (Å²) in [6.45, 7) is 3.75. The maximum atomic E-state index is 13.0. The first-order valence-electron chi connectivity index (χ1n) is 10.1. The van der Waals surface area contributed by atoms with Crippen LogP contribution in [0.1, 0.15) is 50.5 Å². The van der Waals surface area contributed by atoms with E-state index >= 15 is 0 Å². The van der Waals surface area contributed by atoms with Crippen molar-refractivity contribution in [2.24, 2.45) is 5.41 Å². The fraction of sp³-hybridized carbons (Fsp3) is 0.750. The molecule has 4 nitrogen and oxygen atoms in total. The lowest BCUT2D eigenvalue weighted by Crippen LogP contribution is -2.44. The minimum absolute atomic E-state index is 0.124. The molecule has 1 aromatic heterocycles. The van der Waals surface area contributed by atoms with Crippen LogP contribution in [0, 0.1) is 5.41 Å². The van der Waals surface area contributed by atoms with Gasteiger partial charge in [0.15, 0.2) is 0 Å². The molecule has 0 unspecified atom stereocenters. The van der Waals surface area contributed by atoms with E-state index in [0.717, 1.165) is 70.8 Å². The zero-order valence-electron chi connectivity index (χ0n) is 15.6. The molecule has 27 heavy (non-hydrogen) atoms. The molecule has 150 valence electrons. The lowest BCUT2D eigenvalue weighted by atomic mass is 9.77. The van der Waals surface area contributed by atoms with Crippen molar-refractivity contribution in [3.8, 4) is 0 Å². The van der Waals surface area contributed by atoms with Gasteiger partial charge >= 0.3 is 6.18 Å². The summed E-state index contributed by atoms with van der Waals surface area (Å²) in [4.78, 5) is 8.78. The molecular formula is C20H28F3N3O. The third-order valence-corrected chi connectivity index (χ3v) is 6.87. The van der Waals surface area contributed by atoms with Gasteiger partial charge in [0, 0.05) is 31.9 Å². The first-order chi connectivity index (χ1) is 12.8. The Morgan fingerprint density at radius 1 is 1.04 bits per heavy atom. The van der Waals surface area contributed by atoms with E-state index in [9.17, 15) is 18.3 Å². The number of pyridine rings is 1. The Bertz CT molecular complexity index is 650. The number of hydrogen-bond donors (Lipinski definition) is 1. The minimum Gasteiger partial charge on any atom is -0.393 e. The lowest BCUT2D eigenvalue weighted by molar-refractivity contribution is -0.137. The molecule has 3 aliphatic rings. The Hall–Kier alpha value is -1.34. The van der Waals surface area contributed by atoms with Crippen molar-refractivity contribution < 1.29 is 18.3 Å². The number of aromatic nitrogens is 1. The van der Waals surface area contributed by atoms with Crippen molar-refractivity contribution >= 4 is 5.82 Å². The SMILES string of the molecule is O[C@H]1CC[C@@H](N2CCC3(CCN(c4cc(C(F)(F)F)ccn4)CC3)C2)CC1. The largest absolute Gasteiger partial charge is 0.416 e. The maximum absolute atomic E-state index is 13.0. The van der Waals surface area contributed by atoms with Crippen molar-refractivity contribution in [3.05, 3.63) is 23.9 Å². The van der Waals surface area contributed by atoms with Crippen LogP contribution in [-0.4, -0.2) is 53.3 Å². The van der Waals surface area contributed by atoms with E-state index in [0.29, 0.717) is 17.3 Å². The first kappa shape index (κ1) is 19.0. The van der Waals surface area contributed by atoms with Crippen molar-refractivity contribution in [2.75, 3.05) is 31.1 Å². The number of likely N-dealkylation sites (tertiary alicyclic amines) is 1. The highest BCUT2D eigenvalue weighted by Gasteiger charge is 2.43. The van der Waals surface area contributed by atoms with E-state index in [-0.39, 0.29) is 6.10 Å². The molecule has 2 aliphatic heterocycles. The van der Waals surface area contributed by atoms with Crippen molar-refractivity contribution in [2.45, 2.75) is 63.3 Å². The molecule has 0 atom stereocenters. The summed E-state index contributed by atoms with van der Waals surface area (Å²) in [6.07, 6.45) is 3.98. The Morgan fingerprint density at radius 2 is 1.70 bits per heavy atom. The second kappa shape index (κ2) is 7.24. The average Bonchev–Trinajstić information content (AvgIpc) is 3.06. The van der Waals surface area contributed by atoms with E-state index in [1.165, 1.54) is 18.7 Å². The van der Waals surface area contributed by atoms with Gasteiger partial charge in [0.2, 0.25) is 0 Å². The Kier molecular flexibility index (Phi) is 5.10. The molecule has 0 bridgehead atoms. The van der Waals surface area contributed by atoms with Gasteiger partial charge in [0.25, 0.3) is 0 Å². The van der Waals surface area contributed by atoms with Crippen molar-refractivity contribution in [1.82, 2.24) is 9.88 Å². The van der Waals surface area contributed by atoms with Crippen LogP contribution in [0.15, 0.2) is 18.3 Å². The number of rotatable bonds is 2. The van der Waals surface area contributed by atoms with E-state index < -0.39 is 11.7 Å². The molecule has 0 aromatic carbocycles. The molecule has 0 radical (unpaired) electrons. The number of piperidine rings is 1. The highest BCUT2D eigenvalue weighted by Crippen LogP contribution is 2.43. The summed E-state index contributed by atoms with van der Waals surface area (Å²) < 4.78 is 38.9. The summed E-state index contributed by atoms with van der Waals surface area (Å²) in [7, 11) is 0. The van der Waals surface area contributed by atoms with Crippen molar-refractivity contribution in [3.63, 3.8) is 0 Å². The third kappa shape index (κ3) is 4.09. The van der Waals surface area contributed by atoms with Crippen LogP contribution in [0.4, 0.5) is 19.0 Å². The van der Waals surface area contributed by atoms with Crippen LogP contribution in [0.2, 0.25) is 0 Å². The zero-order chi connectivity index (χ0) is 19.1. The molecule has 7 heteroatoms. The second-order valence-electron chi connectivity index (χ2n) is 8.57. The van der Waals surface area contributed by atoms with Gasteiger partial charge in [-0.25, -0.2) is 4.98 Å². The molecule has 1 aliphatic carbocycles. The molecule has 1 spiro atoms. The number of hydrogen-bond acceptors (Lipinski definition) is 4. The number of nitrogens with zero attached hydrogens (tertiary/aromatic N) is 3. The zero-order valence-corrected chi connectivity index (χ0v) is 15.6. The van der Waals surface area contributed by atoms with Gasteiger partial charge < -0.3 is 10.0 Å². The minimum atomic E-state index is -4.33. The highest BCUT2D eigenvalue weighted by atomic mass is 19.4. The Balaban J connectivity index is 1.35.